The van der Waals surface area contributed by atoms with Gasteiger partial charge in [-0.05, 0) is 49.4 Å². The maximum Gasteiger partial charge on any atom is 0.264 e. The molecule has 33 heavy (non-hydrogen) atoms. The molecule has 1 aliphatic rings. The van der Waals surface area contributed by atoms with E-state index >= 15 is 0 Å². The number of nitrogens with one attached hydrogen (secondary N) is 1. The second kappa shape index (κ2) is 9.33. The van der Waals surface area contributed by atoms with E-state index in [1.54, 1.807) is 31.4 Å². The number of sulfonamides is 1. The first kappa shape index (κ1) is 22.9. The molecule has 9 heteroatoms. The zero-order chi connectivity index (χ0) is 23.6. The van der Waals surface area contributed by atoms with Crippen molar-refractivity contribution < 1.29 is 22.7 Å². The number of rotatable bonds is 6. The molecule has 0 aliphatic carbocycles. The van der Waals surface area contributed by atoms with Crippen molar-refractivity contribution >= 4 is 33.2 Å². The van der Waals surface area contributed by atoms with Gasteiger partial charge in [-0.1, -0.05) is 41.9 Å². The number of hydrogen-bond donors (Lipinski definition) is 1. The van der Waals surface area contributed by atoms with Crippen LogP contribution in [0.15, 0.2) is 77.7 Å². The lowest BCUT2D eigenvalue weighted by Gasteiger charge is -2.35. The number of amides is 1. The summed E-state index contributed by atoms with van der Waals surface area (Å²) in [5, 5.41) is 3.34. The number of anilines is 1. The monoisotopic (exact) mass is 486 g/mol. The lowest BCUT2D eigenvalue weighted by atomic mass is 10.1. The van der Waals surface area contributed by atoms with Crippen molar-refractivity contribution in [3.8, 4) is 11.5 Å². The topological polar surface area (TPSA) is 84.9 Å². The summed E-state index contributed by atoms with van der Waals surface area (Å²) in [5.41, 5.74) is 1.17. The molecule has 1 amide bonds. The maximum atomic E-state index is 13.4. The van der Waals surface area contributed by atoms with Crippen molar-refractivity contribution in [3.63, 3.8) is 0 Å². The third-order valence-corrected chi connectivity index (χ3v) is 7.44. The summed E-state index contributed by atoms with van der Waals surface area (Å²) in [4.78, 5) is 13.2. The molecule has 1 aliphatic heterocycles. The molecule has 0 fully saturated rings. The van der Waals surface area contributed by atoms with Crippen molar-refractivity contribution in [2.75, 3.05) is 18.0 Å². The highest BCUT2D eigenvalue weighted by molar-refractivity contribution is 7.92. The number of hydrogen-bond acceptors (Lipinski definition) is 5. The van der Waals surface area contributed by atoms with Crippen LogP contribution >= 0.6 is 11.6 Å². The van der Waals surface area contributed by atoms with Crippen molar-refractivity contribution in [1.29, 1.82) is 0 Å². The largest absolute Gasteiger partial charge is 0.496 e. The summed E-state index contributed by atoms with van der Waals surface area (Å²) in [5.74, 6) is 0.526. The van der Waals surface area contributed by atoms with Gasteiger partial charge in [-0.15, -0.1) is 0 Å². The van der Waals surface area contributed by atoms with E-state index in [4.69, 9.17) is 21.1 Å². The van der Waals surface area contributed by atoms with Gasteiger partial charge in [-0.25, -0.2) is 8.42 Å². The third kappa shape index (κ3) is 4.62. The predicted molar refractivity (Wildman–Crippen MR) is 126 cm³/mol. The highest BCUT2D eigenvalue weighted by Crippen LogP contribution is 2.37. The first-order valence-corrected chi connectivity index (χ1v) is 12.1. The average molecular weight is 487 g/mol. The zero-order valence-corrected chi connectivity index (χ0v) is 19.6. The van der Waals surface area contributed by atoms with E-state index in [0.29, 0.717) is 22.2 Å². The van der Waals surface area contributed by atoms with Crippen molar-refractivity contribution in [2.45, 2.75) is 24.0 Å². The standard InChI is InChI=1S/C24H23ClN2O5S/c1-16(19-7-3-5-9-21(19)31-2)26-24(28)23-15-27(20-8-4-6-10-22(20)32-23)33(29,30)18-13-11-17(25)12-14-18/h3-14,16,23H,15H2,1-2H3,(H,26,28)/t16-,23+/m1/s1. The summed E-state index contributed by atoms with van der Waals surface area (Å²) < 4.78 is 39.3. The van der Waals surface area contributed by atoms with E-state index in [1.165, 1.54) is 28.6 Å². The Hall–Kier alpha value is -3.23. The minimum atomic E-state index is -3.96. The zero-order valence-electron chi connectivity index (χ0n) is 18.1. The number of carbonyl (C=O) groups is 1. The molecular weight excluding hydrogens is 464 g/mol. The van der Waals surface area contributed by atoms with Crippen LogP contribution < -0.4 is 19.1 Å². The lowest BCUT2D eigenvalue weighted by Crippen LogP contribution is -2.51. The van der Waals surface area contributed by atoms with Gasteiger partial charge in [-0.2, -0.15) is 0 Å². The Balaban J connectivity index is 1.62. The lowest BCUT2D eigenvalue weighted by molar-refractivity contribution is -0.128. The minimum Gasteiger partial charge on any atom is -0.496 e. The number of para-hydroxylation sites is 3. The van der Waals surface area contributed by atoms with Crippen molar-refractivity contribution in [1.82, 2.24) is 5.32 Å². The number of halogens is 1. The maximum absolute atomic E-state index is 13.4. The third-order valence-electron chi connectivity index (χ3n) is 5.39. The molecular formula is C24H23ClN2O5S. The molecule has 2 atom stereocenters. The summed E-state index contributed by atoms with van der Waals surface area (Å²) in [6.45, 7) is 1.65. The summed E-state index contributed by atoms with van der Waals surface area (Å²) >= 11 is 5.92. The smallest absolute Gasteiger partial charge is 0.264 e. The number of fused-ring (bicyclic) bond motifs is 1. The summed E-state index contributed by atoms with van der Waals surface area (Å²) in [6, 6.07) is 19.6. The fraction of sp³-hybridized carbons (Fsp3) is 0.208. The van der Waals surface area contributed by atoms with Crippen molar-refractivity contribution in [3.05, 3.63) is 83.4 Å². The second-order valence-electron chi connectivity index (χ2n) is 7.54. The molecule has 0 radical (unpaired) electrons. The predicted octanol–water partition coefficient (Wildman–Crippen LogP) is 4.18. The molecule has 0 unspecified atom stereocenters. The Labute approximate surface area is 197 Å². The van der Waals surface area contributed by atoms with E-state index in [9.17, 15) is 13.2 Å². The average Bonchev–Trinajstić information content (AvgIpc) is 2.83. The normalized spacial score (nSPS) is 16.3. The van der Waals surface area contributed by atoms with Gasteiger partial charge in [-0.3, -0.25) is 9.10 Å². The van der Waals surface area contributed by atoms with Gasteiger partial charge in [0.25, 0.3) is 15.9 Å². The molecule has 0 saturated carbocycles. The Morgan fingerprint density at radius 2 is 1.76 bits per heavy atom. The Morgan fingerprint density at radius 1 is 1.09 bits per heavy atom. The van der Waals surface area contributed by atoms with Crippen LogP contribution in [-0.2, 0) is 14.8 Å². The van der Waals surface area contributed by atoms with Gasteiger partial charge in [0.2, 0.25) is 0 Å². The molecule has 3 aromatic carbocycles. The van der Waals surface area contributed by atoms with Crippen LogP contribution in [0.25, 0.3) is 0 Å². The van der Waals surface area contributed by atoms with Crippen LogP contribution in [0.1, 0.15) is 18.5 Å². The SMILES string of the molecule is COc1ccccc1[C@@H](C)NC(=O)[C@@H]1CN(S(=O)(=O)c2ccc(Cl)cc2)c2ccccc2O1. The molecule has 172 valence electrons. The first-order chi connectivity index (χ1) is 15.8. The van der Waals surface area contributed by atoms with Gasteiger partial charge in [0.05, 0.1) is 30.3 Å². The van der Waals surface area contributed by atoms with Crippen LogP contribution in [-0.4, -0.2) is 34.1 Å². The molecule has 3 aromatic rings. The highest BCUT2D eigenvalue weighted by atomic mass is 35.5. The van der Waals surface area contributed by atoms with Crippen LogP contribution in [0.2, 0.25) is 5.02 Å². The highest BCUT2D eigenvalue weighted by Gasteiger charge is 2.37. The van der Waals surface area contributed by atoms with Crippen LogP contribution in [0.5, 0.6) is 11.5 Å². The Bertz CT molecular complexity index is 1260. The Morgan fingerprint density at radius 3 is 2.48 bits per heavy atom. The first-order valence-electron chi connectivity index (χ1n) is 10.3. The fourth-order valence-corrected chi connectivity index (χ4v) is 5.31. The van der Waals surface area contributed by atoms with Gasteiger partial charge in [0.1, 0.15) is 11.5 Å². The quantitative estimate of drug-likeness (QED) is 0.565. The van der Waals surface area contributed by atoms with Gasteiger partial charge >= 0.3 is 0 Å². The minimum absolute atomic E-state index is 0.0742. The number of ether oxygens (including phenoxy) is 2. The van der Waals surface area contributed by atoms with Crippen LogP contribution in [0, 0.1) is 0 Å². The van der Waals surface area contributed by atoms with E-state index < -0.39 is 22.0 Å². The Kier molecular flexibility index (Phi) is 6.49. The summed E-state index contributed by atoms with van der Waals surface area (Å²) in [6.07, 6.45) is -1.04. The molecule has 0 saturated heterocycles. The molecule has 1 N–H and O–H groups in total. The molecule has 7 nitrogen and oxygen atoms in total. The second-order valence-corrected chi connectivity index (χ2v) is 9.84. The van der Waals surface area contributed by atoms with Crippen LogP contribution in [0.3, 0.4) is 0 Å². The van der Waals surface area contributed by atoms with Gasteiger partial charge in [0, 0.05) is 10.6 Å². The van der Waals surface area contributed by atoms with E-state index in [2.05, 4.69) is 5.32 Å². The fourth-order valence-electron chi connectivity index (χ4n) is 3.71. The van der Waals surface area contributed by atoms with Gasteiger partial charge in [0.15, 0.2) is 6.10 Å². The molecule has 0 bridgehead atoms. The van der Waals surface area contributed by atoms with Crippen LogP contribution in [0.4, 0.5) is 5.69 Å². The molecule has 0 spiro atoms. The molecule has 1 heterocycles. The van der Waals surface area contributed by atoms with Crippen molar-refractivity contribution in [2.24, 2.45) is 0 Å². The number of benzene rings is 3. The molecule has 0 aromatic heterocycles. The van der Waals surface area contributed by atoms with E-state index in [-0.39, 0.29) is 17.5 Å². The number of methoxy groups -OCH3 is 1. The number of carbonyl (C=O) groups excluding carboxylic acids is 1. The van der Waals surface area contributed by atoms with E-state index in [1.807, 2.05) is 31.2 Å². The van der Waals surface area contributed by atoms with Gasteiger partial charge < -0.3 is 14.8 Å². The number of nitrogens with zero attached hydrogens (tertiary/aromatic N) is 1. The summed E-state index contributed by atoms with van der Waals surface area (Å²) in [7, 11) is -2.39. The molecule has 4 rings (SSSR count). The van der Waals surface area contributed by atoms with E-state index in [0.717, 1.165) is 5.56 Å².